The van der Waals surface area contributed by atoms with Crippen molar-refractivity contribution in [1.29, 1.82) is 0 Å². The van der Waals surface area contributed by atoms with E-state index in [9.17, 15) is 22.8 Å². The topological polar surface area (TPSA) is 125 Å². The molecule has 0 aromatic heterocycles. The van der Waals surface area contributed by atoms with Crippen LogP contribution in [0.2, 0.25) is 0 Å². The van der Waals surface area contributed by atoms with Gasteiger partial charge in [0.1, 0.15) is 6.04 Å². The number of rotatable bonds is 12. The molecule has 1 unspecified atom stereocenters. The summed E-state index contributed by atoms with van der Waals surface area (Å²) in [4.78, 5) is 42.2. The fourth-order valence-electron chi connectivity index (χ4n) is 5.04. The molecule has 9 nitrogen and oxygen atoms in total. The molecule has 0 aliphatic heterocycles. The lowest BCUT2D eigenvalue weighted by Gasteiger charge is -2.40. The van der Waals surface area contributed by atoms with Crippen LogP contribution in [0, 0.1) is 11.3 Å². The molecule has 0 heterocycles. The normalized spacial score (nSPS) is 14.9. The van der Waals surface area contributed by atoms with Crippen molar-refractivity contribution in [2.75, 3.05) is 14.1 Å². The van der Waals surface area contributed by atoms with E-state index in [-0.39, 0.29) is 28.2 Å². The number of halogens is 1. The van der Waals surface area contributed by atoms with Crippen LogP contribution in [-0.4, -0.2) is 63.3 Å². The third-order valence-corrected chi connectivity index (χ3v) is 9.67. The Morgan fingerprint density at radius 2 is 1.45 bits per heavy atom. The van der Waals surface area contributed by atoms with Gasteiger partial charge in [-0.05, 0) is 55.1 Å². The van der Waals surface area contributed by atoms with Gasteiger partial charge in [0.05, 0.1) is 17.0 Å². The molecular formula is C33H47BrN4O5S. The van der Waals surface area contributed by atoms with E-state index in [1.165, 1.54) is 24.0 Å². The van der Waals surface area contributed by atoms with Crippen LogP contribution in [0.4, 0.5) is 0 Å². The number of likely N-dealkylation sites (N-methyl/N-ethyl adjacent to an activating group) is 2. The van der Waals surface area contributed by atoms with Gasteiger partial charge in [0.25, 0.3) is 15.9 Å². The van der Waals surface area contributed by atoms with Crippen molar-refractivity contribution in [2.45, 2.75) is 83.8 Å². The van der Waals surface area contributed by atoms with Crippen LogP contribution in [0.5, 0.6) is 0 Å². The molecule has 3 N–H and O–H groups in total. The van der Waals surface area contributed by atoms with Gasteiger partial charge in [-0.25, -0.2) is 13.1 Å². The molecule has 0 fully saturated rings. The summed E-state index contributed by atoms with van der Waals surface area (Å²) in [5.74, 6) is -1.56. The van der Waals surface area contributed by atoms with E-state index in [1.54, 1.807) is 32.3 Å². The van der Waals surface area contributed by atoms with Gasteiger partial charge >= 0.3 is 0 Å². The Balaban J connectivity index is 2.33. The standard InChI is InChI=1S/C33H47BrN4O5S/c1-21(2)26(20-22(3)29(39)37-44(42,43)25-18-16-24(34)17-19-25)38(10)31(41)28(32(4,5)6)36-30(40)27(35-9)33(7,8)23-14-12-11-13-15-23/h11-21,26-28,35H,1-10H3,(H,36,40)(H,37,39)/b22-20+/t26-,27-,28?/m1/s1. The van der Waals surface area contributed by atoms with Crippen molar-refractivity contribution in [1.82, 2.24) is 20.3 Å². The van der Waals surface area contributed by atoms with Crippen molar-refractivity contribution in [2.24, 2.45) is 11.3 Å². The minimum Gasteiger partial charge on any atom is -0.342 e. The third kappa shape index (κ3) is 9.25. The highest BCUT2D eigenvalue weighted by Crippen LogP contribution is 2.29. The summed E-state index contributed by atoms with van der Waals surface area (Å²) >= 11 is 3.27. The van der Waals surface area contributed by atoms with Crippen LogP contribution < -0.4 is 15.4 Å². The van der Waals surface area contributed by atoms with Crippen LogP contribution in [0.25, 0.3) is 0 Å². The number of carbonyl (C=O) groups is 3. The Hall–Kier alpha value is -3.02. The Morgan fingerprint density at radius 3 is 1.93 bits per heavy atom. The molecule has 3 amide bonds. The zero-order chi connectivity index (χ0) is 33.6. The summed E-state index contributed by atoms with van der Waals surface area (Å²) < 4.78 is 28.4. The van der Waals surface area contributed by atoms with Crippen LogP contribution in [-0.2, 0) is 29.8 Å². The number of hydrogen-bond acceptors (Lipinski definition) is 6. The highest BCUT2D eigenvalue weighted by Gasteiger charge is 2.41. The molecule has 11 heteroatoms. The molecule has 2 aromatic rings. The van der Waals surface area contributed by atoms with E-state index < -0.39 is 44.9 Å². The van der Waals surface area contributed by atoms with Crippen molar-refractivity contribution >= 4 is 43.7 Å². The summed E-state index contributed by atoms with van der Waals surface area (Å²) in [5.41, 5.74) is -0.111. The summed E-state index contributed by atoms with van der Waals surface area (Å²) in [5, 5.41) is 6.15. The SMILES string of the molecule is CN[C@H](C(=O)NC(C(=O)N(C)[C@H](/C=C(\C)C(=O)NS(=O)(=O)c1ccc(Br)cc1)C(C)C)C(C)(C)C)C(C)(C)c1ccccc1. The second-order valence-corrected chi connectivity index (χ2v) is 15.6. The molecule has 242 valence electrons. The Bertz CT molecular complexity index is 1450. The molecule has 0 saturated carbocycles. The van der Waals surface area contributed by atoms with E-state index in [2.05, 4.69) is 31.3 Å². The largest absolute Gasteiger partial charge is 0.342 e. The number of nitrogens with one attached hydrogen (secondary N) is 3. The minimum absolute atomic E-state index is 0.0476. The van der Waals surface area contributed by atoms with Gasteiger partial charge in [-0.1, -0.05) is 101 Å². The monoisotopic (exact) mass is 690 g/mol. The van der Waals surface area contributed by atoms with E-state index in [1.807, 2.05) is 78.8 Å². The summed E-state index contributed by atoms with van der Waals surface area (Å²) in [7, 11) is -0.750. The van der Waals surface area contributed by atoms with Gasteiger partial charge in [-0.2, -0.15) is 0 Å². The zero-order valence-electron chi connectivity index (χ0n) is 27.4. The lowest BCUT2D eigenvalue weighted by atomic mass is 9.76. The van der Waals surface area contributed by atoms with Crippen LogP contribution in [0.15, 0.2) is 75.6 Å². The van der Waals surface area contributed by atoms with Gasteiger partial charge in [-0.3, -0.25) is 14.4 Å². The van der Waals surface area contributed by atoms with E-state index in [0.29, 0.717) is 4.47 Å². The maximum absolute atomic E-state index is 14.1. The number of nitrogens with zero attached hydrogens (tertiary/aromatic N) is 1. The first kappa shape index (κ1) is 37.2. The molecule has 44 heavy (non-hydrogen) atoms. The van der Waals surface area contributed by atoms with Crippen LogP contribution in [0.1, 0.15) is 61.0 Å². The third-order valence-electron chi connectivity index (χ3n) is 7.80. The molecule has 2 rings (SSSR count). The van der Waals surface area contributed by atoms with Crippen molar-refractivity contribution in [3.8, 4) is 0 Å². The molecule has 0 radical (unpaired) electrons. The van der Waals surface area contributed by atoms with Crippen molar-refractivity contribution in [3.63, 3.8) is 0 Å². The molecule has 0 aliphatic rings. The van der Waals surface area contributed by atoms with Crippen LogP contribution >= 0.6 is 15.9 Å². The maximum Gasteiger partial charge on any atom is 0.264 e. The van der Waals surface area contributed by atoms with Gasteiger partial charge < -0.3 is 15.5 Å². The molecular weight excluding hydrogens is 644 g/mol. The minimum atomic E-state index is -4.10. The fourth-order valence-corrected chi connectivity index (χ4v) is 6.32. The number of carbonyl (C=O) groups excluding carboxylic acids is 3. The second-order valence-electron chi connectivity index (χ2n) is 13.0. The smallest absolute Gasteiger partial charge is 0.264 e. The van der Waals surface area contributed by atoms with Gasteiger partial charge in [0.2, 0.25) is 11.8 Å². The number of benzene rings is 2. The highest BCUT2D eigenvalue weighted by molar-refractivity contribution is 9.10. The van der Waals surface area contributed by atoms with Gasteiger partial charge in [0, 0.05) is 22.5 Å². The maximum atomic E-state index is 14.1. The molecule has 0 aliphatic carbocycles. The van der Waals surface area contributed by atoms with E-state index in [4.69, 9.17) is 0 Å². The quantitative estimate of drug-likeness (QED) is 0.276. The predicted octanol–water partition coefficient (Wildman–Crippen LogP) is 4.78. The summed E-state index contributed by atoms with van der Waals surface area (Å²) in [6.45, 7) is 14.9. The zero-order valence-corrected chi connectivity index (χ0v) is 29.8. The summed E-state index contributed by atoms with van der Waals surface area (Å²) in [6, 6.07) is 13.6. The number of hydrogen-bond donors (Lipinski definition) is 3. The predicted molar refractivity (Wildman–Crippen MR) is 178 cm³/mol. The Labute approximate surface area is 271 Å². The average Bonchev–Trinajstić information content (AvgIpc) is 2.93. The second kappa shape index (κ2) is 14.8. The molecule has 0 spiro atoms. The molecule has 2 aromatic carbocycles. The van der Waals surface area contributed by atoms with Crippen molar-refractivity contribution < 1.29 is 22.8 Å². The molecule has 0 bridgehead atoms. The molecule has 0 saturated heterocycles. The van der Waals surface area contributed by atoms with Gasteiger partial charge in [-0.15, -0.1) is 0 Å². The fraction of sp³-hybridized carbons (Fsp3) is 0.485. The van der Waals surface area contributed by atoms with E-state index in [0.717, 1.165) is 5.56 Å². The number of sulfonamides is 1. The Morgan fingerprint density at radius 1 is 0.909 bits per heavy atom. The number of amides is 3. The first-order chi connectivity index (χ1) is 20.2. The first-order valence-corrected chi connectivity index (χ1v) is 16.8. The van der Waals surface area contributed by atoms with Crippen molar-refractivity contribution in [3.05, 3.63) is 76.3 Å². The Kier molecular flexibility index (Phi) is 12.5. The molecule has 3 atom stereocenters. The first-order valence-electron chi connectivity index (χ1n) is 14.5. The van der Waals surface area contributed by atoms with Gasteiger partial charge in [0.15, 0.2) is 0 Å². The lowest BCUT2D eigenvalue weighted by molar-refractivity contribution is -0.140. The summed E-state index contributed by atoms with van der Waals surface area (Å²) in [6.07, 6.45) is 1.59. The van der Waals surface area contributed by atoms with Crippen LogP contribution in [0.3, 0.4) is 0 Å². The lowest BCUT2D eigenvalue weighted by Crippen LogP contribution is -2.61. The average molecular weight is 692 g/mol. The van der Waals surface area contributed by atoms with E-state index >= 15 is 0 Å². The highest BCUT2D eigenvalue weighted by atomic mass is 79.9.